The zero-order valence-corrected chi connectivity index (χ0v) is 8.49. The van der Waals surface area contributed by atoms with Crippen molar-refractivity contribution in [3.63, 3.8) is 0 Å². The van der Waals surface area contributed by atoms with E-state index in [0.29, 0.717) is 5.56 Å². The van der Waals surface area contributed by atoms with Crippen molar-refractivity contribution in [2.24, 2.45) is 5.73 Å². The minimum absolute atomic E-state index is 0. The monoisotopic (exact) mass is 225 g/mol. The SMILES string of the molecule is C[C@@H](N)c1cc(Cl)cc(F)c1O.Cl. The van der Waals surface area contributed by atoms with Crippen LogP contribution in [0.2, 0.25) is 5.02 Å². The first-order valence-electron chi connectivity index (χ1n) is 3.46. The van der Waals surface area contributed by atoms with Gasteiger partial charge in [-0.05, 0) is 19.1 Å². The van der Waals surface area contributed by atoms with Crippen molar-refractivity contribution in [3.8, 4) is 5.75 Å². The molecule has 0 saturated carbocycles. The quantitative estimate of drug-likeness (QED) is 0.773. The Morgan fingerprint density at radius 3 is 2.54 bits per heavy atom. The lowest BCUT2D eigenvalue weighted by molar-refractivity contribution is 0.422. The van der Waals surface area contributed by atoms with Crippen LogP contribution in [0.5, 0.6) is 5.75 Å². The Morgan fingerprint density at radius 2 is 2.08 bits per heavy atom. The Labute approximate surface area is 86.9 Å². The first-order valence-corrected chi connectivity index (χ1v) is 3.83. The van der Waals surface area contributed by atoms with Crippen LogP contribution in [0.4, 0.5) is 4.39 Å². The van der Waals surface area contributed by atoms with Crippen LogP contribution >= 0.6 is 24.0 Å². The molecule has 5 heteroatoms. The topological polar surface area (TPSA) is 46.2 Å². The number of phenolic OH excluding ortho intramolecular Hbond substituents is 1. The van der Waals surface area contributed by atoms with Gasteiger partial charge in [-0.3, -0.25) is 0 Å². The third-order valence-electron chi connectivity index (χ3n) is 1.55. The van der Waals surface area contributed by atoms with E-state index in [4.69, 9.17) is 17.3 Å². The predicted molar refractivity (Wildman–Crippen MR) is 52.9 cm³/mol. The normalized spacial score (nSPS) is 12.0. The minimum atomic E-state index is -0.741. The van der Waals surface area contributed by atoms with Crippen molar-refractivity contribution in [1.82, 2.24) is 0 Å². The summed E-state index contributed by atoms with van der Waals surface area (Å²) in [5.74, 6) is -1.16. The molecule has 0 heterocycles. The summed E-state index contributed by atoms with van der Waals surface area (Å²) in [4.78, 5) is 0. The van der Waals surface area contributed by atoms with E-state index in [-0.39, 0.29) is 17.4 Å². The van der Waals surface area contributed by atoms with Gasteiger partial charge in [-0.1, -0.05) is 11.6 Å². The van der Waals surface area contributed by atoms with E-state index in [9.17, 15) is 9.50 Å². The smallest absolute Gasteiger partial charge is 0.166 e. The number of halogens is 3. The summed E-state index contributed by atoms with van der Waals surface area (Å²) >= 11 is 5.56. The van der Waals surface area contributed by atoms with Gasteiger partial charge in [-0.2, -0.15) is 0 Å². The summed E-state index contributed by atoms with van der Waals surface area (Å²) in [6.07, 6.45) is 0. The summed E-state index contributed by atoms with van der Waals surface area (Å²) < 4.78 is 12.8. The van der Waals surface area contributed by atoms with Gasteiger partial charge in [0.05, 0.1) is 0 Å². The molecule has 0 aromatic heterocycles. The second-order valence-electron chi connectivity index (χ2n) is 2.61. The van der Waals surface area contributed by atoms with Gasteiger partial charge >= 0.3 is 0 Å². The Morgan fingerprint density at radius 1 is 1.54 bits per heavy atom. The van der Waals surface area contributed by atoms with Crippen molar-refractivity contribution in [2.45, 2.75) is 13.0 Å². The van der Waals surface area contributed by atoms with E-state index < -0.39 is 17.6 Å². The maximum atomic E-state index is 12.8. The lowest BCUT2D eigenvalue weighted by atomic mass is 10.1. The van der Waals surface area contributed by atoms with Crippen LogP contribution in [0, 0.1) is 5.82 Å². The number of hydrogen-bond acceptors (Lipinski definition) is 2. The molecule has 13 heavy (non-hydrogen) atoms. The van der Waals surface area contributed by atoms with Crippen molar-refractivity contribution < 1.29 is 9.50 Å². The zero-order chi connectivity index (χ0) is 9.30. The van der Waals surface area contributed by atoms with Gasteiger partial charge in [0.15, 0.2) is 11.6 Å². The molecule has 0 saturated heterocycles. The number of rotatable bonds is 1. The van der Waals surface area contributed by atoms with Crippen molar-refractivity contribution in [3.05, 3.63) is 28.5 Å². The average Bonchev–Trinajstić information content (AvgIpc) is 1.96. The van der Waals surface area contributed by atoms with Gasteiger partial charge in [-0.25, -0.2) is 4.39 Å². The summed E-state index contributed by atoms with van der Waals surface area (Å²) in [6, 6.07) is 2.06. The Kier molecular flexibility index (Phi) is 4.47. The fourth-order valence-electron chi connectivity index (χ4n) is 0.933. The van der Waals surface area contributed by atoms with E-state index in [1.54, 1.807) is 6.92 Å². The molecule has 74 valence electrons. The maximum Gasteiger partial charge on any atom is 0.166 e. The molecule has 1 aromatic carbocycles. The molecule has 1 aromatic rings. The third kappa shape index (κ3) is 2.72. The van der Waals surface area contributed by atoms with Gasteiger partial charge in [-0.15, -0.1) is 12.4 Å². The second-order valence-corrected chi connectivity index (χ2v) is 3.05. The van der Waals surface area contributed by atoms with E-state index in [1.807, 2.05) is 0 Å². The van der Waals surface area contributed by atoms with Gasteiger partial charge in [0, 0.05) is 16.6 Å². The molecule has 0 spiro atoms. The maximum absolute atomic E-state index is 12.8. The second kappa shape index (κ2) is 4.65. The molecule has 0 unspecified atom stereocenters. The summed E-state index contributed by atoms with van der Waals surface area (Å²) in [5, 5.41) is 9.41. The lowest BCUT2D eigenvalue weighted by Gasteiger charge is -2.08. The molecule has 0 aliphatic rings. The van der Waals surface area contributed by atoms with Gasteiger partial charge in [0.2, 0.25) is 0 Å². The van der Waals surface area contributed by atoms with Crippen molar-refractivity contribution in [2.75, 3.05) is 0 Å². The molecule has 0 aliphatic carbocycles. The van der Waals surface area contributed by atoms with Crippen LogP contribution in [0.25, 0.3) is 0 Å². The van der Waals surface area contributed by atoms with Crippen LogP contribution in [-0.2, 0) is 0 Å². The lowest BCUT2D eigenvalue weighted by Crippen LogP contribution is -2.05. The molecular formula is C8H10Cl2FNO. The fraction of sp³-hybridized carbons (Fsp3) is 0.250. The van der Waals surface area contributed by atoms with Gasteiger partial charge in [0.1, 0.15) is 0 Å². The first-order chi connectivity index (χ1) is 5.52. The Bertz CT molecular complexity index is 304. The summed E-state index contributed by atoms with van der Waals surface area (Å²) in [5.41, 5.74) is 5.79. The molecule has 1 atom stereocenters. The van der Waals surface area contributed by atoms with Crippen LogP contribution in [-0.4, -0.2) is 5.11 Å². The fourth-order valence-corrected chi connectivity index (χ4v) is 1.15. The highest BCUT2D eigenvalue weighted by molar-refractivity contribution is 6.30. The van der Waals surface area contributed by atoms with E-state index in [0.717, 1.165) is 6.07 Å². The molecular weight excluding hydrogens is 216 g/mol. The van der Waals surface area contributed by atoms with E-state index in [2.05, 4.69) is 0 Å². The highest BCUT2D eigenvalue weighted by atomic mass is 35.5. The molecule has 2 nitrogen and oxygen atoms in total. The first kappa shape index (κ1) is 12.5. The average molecular weight is 226 g/mol. The summed E-state index contributed by atoms with van der Waals surface area (Å²) in [6.45, 7) is 1.64. The van der Waals surface area contributed by atoms with Crippen LogP contribution in [0.1, 0.15) is 18.5 Å². The standard InChI is InChI=1S/C8H9ClFNO.ClH/c1-4(11)6-2-5(9)3-7(10)8(6)12;/h2-4,12H,11H2,1H3;1H/t4-;/m1./s1. The van der Waals surface area contributed by atoms with Gasteiger partial charge < -0.3 is 10.8 Å². The van der Waals surface area contributed by atoms with E-state index >= 15 is 0 Å². The largest absolute Gasteiger partial charge is 0.505 e. The molecule has 0 amide bonds. The number of hydrogen-bond donors (Lipinski definition) is 2. The number of aromatic hydroxyl groups is 1. The predicted octanol–water partition coefficient (Wildman–Crippen LogP) is 2.63. The van der Waals surface area contributed by atoms with Gasteiger partial charge in [0.25, 0.3) is 0 Å². The van der Waals surface area contributed by atoms with Crippen molar-refractivity contribution in [1.29, 1.82) is 0 Å². The Balaban J connectivity index is 0.00000144. The Hall–Kier alpha value is -0.510. The number of benzene rings is 1. The van der Waals surface area contributed by atoms with Crippen LogP contribution in [0.3, 0.4) is 0 Å². The molecule has 0 bridgehead atoms. The molecule has 1 rings (SSSR count). The third-order valence-corrected chi connectivity index (χ3v) is 1.77. The summed E-state index contributed by atoms with van der Waals surface area (Å²) in [7, 11) is 0. The number of phenols is 1. The zero-order valence-electron chi connectivity index (χ0n) is 6.92. The molecule has 0 aliphatic heterocycles. The molecule has 3 N–H and O–H groups in total. The highest BCUT2D eigenvalue weighted by Crippen LogP contribution is 2.29. The molecule has 0 radical (unpaired) electrons. The highest BCUT2D eigenvalue weighted by Gasteiger charge is 2.11. The number of nitrogens with two attached hydrogens (primary N) is 1. The van der Waals surface area contributed by atoms with E-state index in [1.165, 1.54) is 6.07 Å². The van der Waals surface area contributed by atoms with Crippen molar-refractivity contribution >= 4 is 24.0 Å². The van der Waals surface area contributed by atoms with Crippen LogP contribution < -0.4 is 5.73 Å². The minimum Gasteiger partial charge on any atom is -0.505 e. The van der Waals surface area contributed by atoms with Crippen LogP contribution in [0.15, 0.2) is 12.1 Å². The molecule has 0 fully saturated rings.